The molecule has 0 spiro atoms. The minimum Gasteiger partial charge on any atom is -0.481 e. The molecule has 0 atom stereocenters. The molecule has 1 aromatic heterocycles. The molecule has 2 N–H and O–H groups in total. The molecule has 0 aromatic carbocycles. The highest BCUT2D eigenvalue weighted by molar-refractivity contribution is 5.95. The number of nitrogens with one attached hydrogen (secondary N) is 1. The smallest absolute Gasteiger partial charge is 0.312 e. The summed E-state index contributed by atoms with van der Waals surface area (Å²) >= 11 is 0. The molecule has 0 aliphatic carbocycles. The van der Waals surface area contributed by atoms with Crippen LogP contribution in [0.1, 0.15) is 17.3 Å². The first-order valence-electron chi connectivity index (χ1n) is 4.54. The number of H-pyrrole nitrogens is 1. The van der Waals surface area contributed by atoms with Gasteiger partial charge in [0.15, 0.2) is 0 Å². The Morgan fingerprint density at radius 3 is 2.73 bits per heavy atom. The van der Waals surface area contributed by atoms with Crippen molar-refractivity contribution in [1.82, 2.24) is 15.1 Å². The van der Waals surface area contributed by atoms with Crippen molar-refractivity contribution in [3.8, 4) is 0 Å². The van der Waals surface area contributed by atoms with E-state index in [-0.39, 0.29) is 19.0 Å². The fourth-order valence-corrected chi connectivity index (χ4v) is 1.63. The van der Waals surface area contributed by atoms with Gasteiger partial charge in [0.2, 0.25) is 0 Å². The van der Waals surface area contributed by atoms with Gasteiger partial charge in [-0.25, -0.2) is 0 Å². The molecule has 1 saturated heterocycles. The van der Waals surface area contributed by atoms with Crippen LogP contribution in [0.25, 0.3) is 0 Å². The van der Waals surface area contributed by atoms with Gasteiger partial charge in [0.05, 0.1) is 11.8 Å². The minimum absolute atomic E-state index is 0.178. The zero-order valence-electron chi connectivity index (χ0n) is 8.23. The van der Waals surface area contributed by atoms with E-state index < -0.39 is 11.4 Å². The van der Waals surface area contributed by atoms with Crippen LogP contribution in [-0.4, -0.2) is 45.2 Å². The summed E-state index contributed by atoms with van der Waals surface area (Å²) in [6.45, 7) is 2.15. The van der Waals surface area contributed by atoms with E-state index in [0.717, 1.165) is 0 Å². The molecule has 0 saturated carbocycles. The Hall–Kier alpha value is -1.85. The molecule has 0 radical (unpaired) electrons. The Bertz CT molecular complexity index is 393. The quantitative estimate of drug-likeness (QED) is 0.715. The van der Waals surface area contributed by atoms with E-state index in [1.165, 1.54) is 17.3 Å². The van der Waals surface area contributed by atoms with Crippen LogP contribution < -0.4 is 0 Å². The standard InChI is InChI=1S/C9H11N3O3/c1-9(8(14)15)4-12(5-9)7(13)6-2-10-11-3-6/h2-3H,4-5H2,1H3,(H,10,11)(H,14,15). The lowest BCUT2D eigenvalue weighted by Gasteiger charge is -2.44. The number of likely N-dealkylation sites (tertiary alicyclic amines) is 1. The number of hydrogen-bond donors (Lipinski definition) is 2. The third kappa shape index (κ3) is 1.47. The Balaban J connectivity index is 2.01. The molecule has 2 rings (SSSR count). The van der Waals surface area contributed by atoms with E-state index in [1.807, 2.05) is 0 Å². The molecule has 1 amide bonds. The maximum atomic E-state index is 11.7. The number of aliphatic carboxylic acids is 1. The molecule has 0 unspecified atom stereocenters. The van der Waals surface area contributed by atoms with Crippen LogP contribution in [0.15, 0.2) is 12.4 Å². The van der Waals surface area contributed by atoms with Gasteiger partial charge in [-0.2, -0.15) is 5.10 Å². The van der Waals surface area contributed by atoms with E-state index in [9.17, 15) is 9.59 Å². The number of aromatic nitrogens is 2. The monoisotopic (exact) mass is 209 g/mol. The van der Waals surface area contributed by atoms with Gasteiger partial charge in [0.1, 0.15) is 5.41 Å². The molecule has 80 valence electrons. The average molecular weight is 209 g/mol. The summed E-state index contributed by atoms with van der Waals surface area (Å²) in [5, 5.41) is 15.1. The van der Waals surface area contributed by atoms with Gasteiger partial charge >= 0.3 is 5.97 Å². The van der Waals surface area contributed by atoms with E-state index in [4.69, 9.17) is 5.11 Å². The predicted octanol–water partition coefficient (Wildman–Crippen LogP) is -0.0436. The first-order chi connectivity index (χ1) is 7.03. The van der Waals surface area contributed by atoms with E-state index >= 15 is 0 Å². The van der Waals surface area contributed by atoms with Gasteiger partial charge in [-0.05, 0) is 6.92 Å². The summed E-state index contributed by atoms with van der Waals surface area (Å²) in [6.07, 6.45) is 2.93. The van der Waals surface area contributed by atoms with Crippen LogP contribution in [-0.2, 0) is 4.79 Å². The maximum absolute atomic E-state index is 11.7. The van der Waals surface area contributed by atoms with Crippen LogP contribution in [0.4, 0.5) is 0 Å². The number of carboxylic acid groups (broad SMARTS) is 1. The first kappa shape index (κ1) is 9.70. The van der Waals surface area contributed by atoms with Crippen molar-refractivity contribution in [3.05, 3.63) is 18.0 Å². The topological polar surface area (TPSA) is 86.3 Å². The molecule has 0 bridgehead atoms. The number of carbonyl (C=O) groups is 2. The fourth-order valence-electron chi connectivity index (χ4n) is 1.63. The van der Waals surface area contributed by atoms with Crippen molar-refractivity contribution in [2.24, 2.45) is 5.41 Å². The van der Waals surface area contributed by atoms with Crippen molar-refractivity contribution in [3.63, 3.8) is 0 Å². The van der Waals surface area contributed by atoms with Crippen LogP contribution in [0.3, 0.4) is 0 Å². The predicted molar refractivity (Wildman–Crippen MR) is 50.2 cm³/mol. The number of nitrogens with zero attached hydrogens (tertiary/aromatic N) is 2. The molecule has 15 heavy (non-hydrogen) atoms. The molecule has 1 aromatic rings. The Morgan fingerprint density at radius 2 is 2.27 bits per heavy atom. The number of rotatable bonds is 2. The molecule has 2 heterocycles. The van der Waals surface area contributed by atoms with Crippen LogP contribution >= 0.6 is 0 Å². The second kappa shape index (κ2) is 3.08. The van der Waals surface area contributed by atoms with E-state index in [1.54, 1.807) is 6.92 Å². The molecule has 1 fully saturated rings. The second-order valence-corrected chi connectivity index (χ2v) is 4.01. The molecular weight excluding hydrogens is 198 g/mol. The van der Waals surface area contributed by atoms with Gasteiger partial charge in [-0.1, -0.05) is 0 Å². The molecule has 6 nitrogen and oxygen atoms in total. The fraction of sp³-hybridized carbons (Fsp3) is 0.444. The van der Waals surface area contributed by atoms with Gasteiger partial charge < -0.3 is 10.0 Å². The average Bonchev–Trinajstić information content (AvgIpc) is 2.64. The lowest BCUT2D eigenvalue weighted by atomic mass is 9.82. The number of carboxylic acids is 1. The molecule has 6 heteroatoms. The summed E-state index contributed by atoms with van der Waals surface area (Å²) in [7, 11) is 0. The zero-order valence-corrected chi connectivity index (χ0v) is 8.23. The van der Waals surface area contributed by atoms with Crippen molar-refractivity contribution in [2.75, 3.05) is 13.1 Å². The summed E-state index contributed by atoms with van der Waals surface area (Å²) in [6, 6.07) is 0. The molecule has 1 aliphatic heterocycles. The number of hydrogen-bond acceptors (Lipinski definition) is 3. The Labute approximate surface area is 85.9 Å². The SMILES string of the molecule is CC1(C(=O)O)CN(C(=O)c2cn[nH]c2)C1. The lowest BCUT2D eigenvalue weighted by molar-refractivity contribution is -0.155. The van der Waals surface area contributed by atoms with Crippen LogP contribution in [0.5, 0.6) is 0 Å². The van der Waals surface area contributed by atoms with Gasteiger partial charge in [0.25, 0.3) is 5.91 Å². The largest absolute Gasteiger partial charge is 0.481 e. The highest BCUT2D eigenvalue weighted by atomic mass is 16.4. The van der Waals surface area contributed by atoms with E-state index in [0.29, 0.717) is 5.56 Å². The minimum atomic E-state index is -0.862. The van der Waals surface area contributed by atoms with Crippen LogP contribution in [0, 0.1) is 5.41 Å². The summed E-state index contributed by atoms with van der Waals surface area (Å²) in [4.78, 5) is 24.0. The summed E-state index contributed by atoms with van der Waals surface area (Å²) in [5.74, 6) is -1.04. The maximum Gasteiger partial charge on any atom is 0.312 e. The highest BCUT2D eigenvalue weighted by Gasteiger charge is 2.47. The van der Waals surface area contributed by atoms with Crippen molar-refractivity contribution in [1.29, 1.82) is 0 Å². The third-order valence-corrected chi connectivity index (χ3v) is 2.63. The van der Waals surface area contributed by atoms with Gasteiger partial charge in [-0.15, -0.1) is 0 Å². The normalized spacial score (nSPS) is 18.3. The third-order valence-electron chi connectivity index (χ3n) is 2.63. The Kier molecular flexibility index (Phi) is 1.99. The van der Waals surface area contributed by atoms with Gasteiger partial charge in [-0.3, -0.25) is 14.7 Å². The number of amides is 1. The van der Waals surface area contributed by atoms with E-state index in [2.05, 4.69) is 10.2 Å². The zero-order chi connectivity index (χ0) is 11.1. The van der Waals surface area contributed by atoms with Crippen molar-refractivity contribution < 1.29 is 14.7 Å². The number of aromatic amines is 1. The van der Waals surface area contributed by atoms with Crippen LogP contribution in [0.2, 0.25) is 0 Å². The summed E-state index contributed by atoms with van der Waals surface area (Å²) in [5.41, 5.74) is -0.332. The van der Waals surface area contributed by atoms with Gasteiger partial charge in [0, 0.05) is 19.3 Å². The second-order valence-electron chi connectivity index (χ2n) is 4.01. The lowest BCUT2D eigenvalue weighted by Crippen LogP contribution is -2.60. The first-order valence-corrected chi connectivity index (χ1v) is 4.54. The molecular formula is C9H11N3O3. The summed E-state index contributed by atoms with van der Waals surface area (Å²) < 4.78 is 0. The Morgan fingerprint density at radius 1 is 1.60 bits per heavy atom. The molecule has 1 aliphatic rings. The number of carbonyl (C=O) groups excluding carboxylic acids is 1. The van der Waals surface area contributed by atoms with Crippen molar-refractivity contribution in [2.45, 2.75) is 6.92 Å². The highest BCUT2D eigenvalue weighted by Crippen LogP contribution is 2.30. The van der Waals surface area contributed by atoms with Crippen molar-refractivity contribution >= 4 is 11.9 Å².